The average Bonchev–Trinajstić information content (AvgIpc) is 2.74. The minimum atomic E-state index is 0.826. The summed E-state index contributed by atoms with van der Waals surface area (Å²) in [4.78, 5) is 5.45. The van der Waals surface area contributed by atoms with Crippen molar-refractivity contribution in [2.45, 2.75) is 17.4 Å². The molecule has 1 saturated heterocycles. The molecule has 4 heteroatoms. The van der Waals surface area contributed by atoms with Crippen molar-refractivity contribution in [2.24, 2.45) is 0 Å². The molecule has 1 aromatic heterocycles. The maximum atomic E-state index is 4.06. The summed E-state index contributed by atoms with van der Waals surface area (Å²) >= 11 is 3.80. The lowest BCUT2D eigenvalue weighted by atomic mass is 10.4. The maximum Gasteiger partial charge on any atom is 0.0794 e. The van der Waals surface area contributed by atoms with E-state index in [0.29, 0.717) is 0 Å². The van der Waals surface area contributed by atoms with E-state index in [1.54, 1.807) is 11.3 Å². The molecule has 0 aromatic carbocycles. The lowest BCUT2D eigenvalue weighted by molar-refractivity contribution is 0.858. The lowest BCUT2D eigenvalue weighted by Crippen LogP contribution is -2.10. The third-order valence-electron chi connectivity index (χ3n) is 1.96. The molecular weight excluding hydrogens is 188 g/mol. The summed E-state index contributed by atoms with van der Waals surface area (Å²) < 4.78 is 0. The minimum absolute atomic E-state index is 0.826. The molecule has 1 atom stereocenters. The van der Waals surface area contributed by atoms with Gasteiger partial charge in [0.15, 0.2) is 0 Å². The monoisotopic (exact) mass is 200 g/mol. The first-order valence-corrected chi connectivity index (χ1v) is 6.07. The molecular formula is C8H12N2S2. The second-order valence-electron chi connectivity index (χ2n) is 2.89. The minimum Gasteiger partial charge on any atom is -0.316 e. The zero-order chi connectivity index (χ0) is 8.23. The van der Waals surface area contributed by atoms with Gasteiger partial charge in [-0.25, -0.2) is 0 Å². The fourth-order valence-corrected chi connectivity index (χ4v) is 3.13. The molecule has 66 valence electrons. The van der Waals surface area contributed by atoms with Crippen LogP contribution in [-0.2, 0) is 5.75 Å². The van der Waals surface area contributed by atoms with Gasteiger partial charge in [-0.3, -0.25) is 4.98 Å². The highest BCUT2D eigenvalue weighted by Gasteiger charge is 2.14. The zero-order valence-electron chi connectivity index (χ0n) is 6.82. The van der Waals surface area contributed by atoms with Gasteiger partial charge in [-0.1, -0.05) is 0 Å². The Balaban J connectivity index is 1.74. The van der Waals surface area contributed by atoms with Crippen LogP contribution in [0.3, 0.4) is 0 Å². The van der Waals surface area contributed by atoms with Gasteiger partial charge in [0.25, 0.3) is 0 Å². The Morgan fingerprint density at radius 1 is 1.75 bits per heavy atom. The molecule has 2 nitrogen and oxygen atoms in total. The molecule has 2 rings (SSSR count). The number of thiazole rings is 1. The highest BCUT2D eigenvalue weighted by atomic mass is 32.2. The smallest absolute Gasteiger partial charge is 0.0794 e. The first kappa shape index (κ1) is 8.53. The van der Waals surface area contributed by atoms with Crippen LogP contribution in [-0.4, -0.2) is 23.3 Å². The molecule has 2 heterocycles. The first-order chi connectivity index (χ1) is 5.95. The van der Waals surface area contributed by atoms with Gasteiger partial charge in [0.1, 0.15) is 0 Å². The van der Waals surface area contributed by atoms with Crippen LogP contribution in [0.5, 0.6) is 0 Å². The summed E-state index contributed by atoms with van der Waals surface area (Å²) in [5.74, 6) is 1.14. The van der Waals surface area contributed by atoms with E-state index in [9.17, 15) is 0 Å². The summed E-state index contributed by atoms with van der Waals surface area (Å²) in [5.41, 5.74) is 1.91. The highest BCUT2D eigenvalue weighted by molar-refractivity contribution is 7.99. The number of aromatic nitrogens is 1. The fraction of sp³-hybridized carbons (Fsp3) is 0.625. The molecule has 0 unspecified atom stereocenters. The number of rotatable bonds is 3. The lowest BCUT2D eigenvalue weighted by Gasteiger charge is -2.05. The van der Waals surface area contributed by atoms with Crippen molar-refractivity contribution in [3.05, 3.63) is 16.6 Å². The highest BCUT2D eigenvalue weighted by Crippen LogP contribution is 2.23. The van der Waals surface area contributed by atoms with Crippen molar-refractivity contribution in [3.8, 4) is 0 Å². The van der Waals surface area contributed by atoms with E-state index in [1.807, 2.05) is 23.5 Å². The van der Waals surface area contributed by atoms with Crippen LogP contribution in [0.4, 0.5) is 0 Å². The van der Waals surface area contributed by atoms with Gasteiger partial charge in [-0.2, -0.15) is 11.8 Å². The third-order valence-corrected chi connectivity index (χ3v) is 4.27. The number of nitrogens with zero attached hydrogens (tertiary/aromatic N) is 1. The van der Waals surface area contributed by atoms with Crippen LogP contribution in [0.1, 0.15) is 11.3 Å². The van der Waals surface area contributed by atoms with E-state index in [0.717, 1.165) is 11.0 Å². The summed E-state index contributed by atoms with van der Waals surface area (Å²) in [5, 5.41) is 4.20. The molecule has 0 spiro atoms. The van der Waals surface area contributed by atoms with Crippen LogP contribution in [0.15, 0.2) is 11.7 Å². The molecule has 12 heavy (non-hydrogen) atoms. The SMILES string of the molecule is c1ncc(CS[C@H]2CCNC2)s1. The van der Waals surface area contributed by atoms with E-state index in [2.05, 4.69) is 10.3 Å². The van der Waals surface area contributed by atoms with Crippen molar-refractivity contribution in [1.82, 2.24) is 10.3 Å². The predicted octanol–water partition coefficient (Wildman–Crippen LogP) is 1.74. The van der Waals surface area contributed by atoms with E-state index in [1.165, 1.54) is 24.4 Å². The molecule has 1 aromatic rings. The zero-order valence-corrected chi connectivity index (χ0v) is 8.46. The van der Waals surface area contributed by atoms with E-state index in [4.69, 9.17) is 0 Å². The second kappa shape index (κ2) is 4.25. The Labute approximate surface area is 80.8 Å². The van der Waals surface area contributed by atoms with Gasteiger partial charge in [-0.15, -0.1) is 11.3 Å². The Morgan fingerprint density at radius 3 is 3.42 bits per heavy atom. The Morgan fingerprint density at radius 2 is 2.75 bits per heavy atom. The molecule has 1 N–H and O–H groups in total. The standard InChI is InChI=1S/C8H12N2S2/c1-2-9-3-7(1)11-5-8-4-10-6-12-8/h4,6-7,9H,1-3,5H2/t7-/m0/s1. The van der Waals surface area contributed by atoms with Crippen molar-refractivity contribution in [1.29, 1.82) is 0 Å². The fourth-order valence-electron chi connectivity index (χ4n) is 1.28. The second-order valence-corrected chi connectivity index (χ2v) is 5.15. The maximum absolute atomic E-state index is 4.06. The van der Waals surface area contributed by atoms with Crippen molar-refractivity contribution in [2.75, 3.05) is 13.1 Å². The number of hydrogen-bond donors (Lipinski definition) is 1. The van der Waals surface area contributed by atoms with Crippen LogP contribution in [0.25, 0.3) is 0 Å². The normalized spacial score (nSPS) is 23.2. The van der Waals surface area contributed by atoms with E-state index < -0.39 is 0 Å². The van der Waals surface area contributed by atoms with E-state index in [-0.39, 0.29) is 0 Å². The summed E-state index contributed by atoms with van der Waals surface area (Å²) in [6, 6.07) is 0. The van der Waals surface area contributed by atoms with E-state index >= 15 is 0 Å². The molecule has 0 aliphatic carbocycles. The van der Waals surface area contributed by atoms with Gasteiger partial charge in [-0.05, 0) is 13.0 Å². The summed E-state index contributed by atoms with van der Waals surface area (Å²) in [7, 11) is 0. The quantitative estimate of drug-likeness (QED) is 0.804. The van der Waals surface area contributed by atoms with Crippen LogP contribution < -0.4 is 5.32 Å². The van der Waals surface area contributed by atoms with Gasteiger partial charge in [0, 0.05) is 28.6 Å². The largest absolute Gasteiger partial charge is 0.316 e. The topological polar surface area (TPSA) is 24.9 Å². The number of thioether (sulfide) groups is 1. The number of hydrogen-bond acceptors (Lipinski definition) is 4. The Hall–Kier alpha value is -0.0600. The molecule has 1 aliphatic heterocycles. The van der Waals surface area contributed by atoms with Crippen LogP contribution in [0.2, 0.25) is 0 Å². The summed E-state index contributed by atoms with van der Waals surface area (Å²) in [6.07, 6.45) is 3.30. The van der Waals surface area contributed by atoms with Crippen molar-refractivity contribution in [3.63, 3.8) is 0 Å². The molecule has 0 radical (unpaired) electrons. The predicted molar refractivity (Wildman–Crippen MR) is 54.7 cm³/mol. The Bertz CT molecular complexity index is 217. The molecule has 0 bridgehead atoms. The average molecular weight is 200 g/mol. The number of nitrogens with one attached hydrogen (secondary N) is 1. The van der Waals surface area contributed by atoms with Crippen molar-refractivity contribution < 1.29 is 0 Å². The van der Waals surface area contributed by atoms with Gasteiger partial charge in [0.2, 0.25) is 0 Å². The van der Waals surface area contributed by atoms with Gasteiger partial charge >= 0.3 is 0 Å². The van der Waals surface area contributed by atoms with Gasteiger partial charge in [0.05, 0.1) is 5.51 Å². The van der Waals surface area contributed by atoms with Crippen LogP contribution >= 0.6 is 23.1 Å². The first-order valence-electron chi connectivity index (χ1n) is 4.15. The van der Waals surface area contributed by atoms with Crippen LogP contribution in [0, 0.1) is 0 Å². The summed E-state index contributed by atoms with van der Waals surface area (Å²) in [6.45, 7) is 2.38. The third kappa shape index (κ3) is 2.21. The van der Waals surface area contributed by atoms with Crippen molar-refractivity contribution >= 4 is 23.1 Å². The molecule has 1 aliphatic rings. The Kier molecular flexibility index (Phi) is 3.03. The van der Waals surface area contributed by atoms with Gasteiger partial charge < -0.3 is 5.32 Å². The molecule has 0 saturated carbocycles. The molecule has 1 fully saturated rings. The molecule has 0 amide bonds.